The number of hydrogen-bond donors (Lipinski definition) is 1. The van der Waals surface area contributed by atoms with Crippen LogP contribution in [0, 0.1) is 5.82 Å². The highest BCUT2D eigenvalue weighted by molar-refractivity contribution is 5.84. The van der Waals surface area contributed by atoms with Gasteiger partial charge in [0.2, 0.25) is 0 Å². The average Bonchev–Trinajstić information content (AvgIpc) is 3.22. The fourth-order valence-electron chi connectivity index (χ4n) is 4.31. The molecule has 9 nitrogen and oxygen atoms in total. The highest BCUT2D eigenvalue weighted by Crippen LogP contribution is 2.37. The largest absolute Gasteiger partial charge is 0.489 e. The maximum absolute atomic E-state index is 14.4. The van der Waals surface area contributed by atoms with E-state index in [1.165, 1.54) is 18.3 Å². The lowest BCUT2D eigenvalue weighted by Crippen LogP contribution is -2.38. The summed E-state index contributed by atoms with van der Waals surface area (Å²) in [5.74, 6) is 0.900. The molecule has 1 aliphatic rings. The van der Waals surface area contributed by atoms with E-state index in [0.717, 1.165) is 30.5 Å². The first kappa shape index (κ1) is 25.4. The van der Waals surface area contributed by atoms with Gasteiger partial charge < -0.3 is 19.7 Å². The van der Waals surface area contributed by atoms with Crippen LogP contribution in [0.5, 0.6) is 5.75 Å². The Balaban J connectivity index is 1.57. The average molecular weight is 498 g/mol. The maximum atomic E-state index is 14.4. The summed E-state index contributed by atoms with van der Waals surface area (Å²) in [4.78, 5) is 30.3. The summed E-state index contributed by atoms with van der Waals surface area (Å²) >= 11 is 0. The summed E-state index contributed by atoms with van der Waals surface area (Å²) in [6.45, 7) is 10.1. The summed E-state index contributed by atoms with van der Waals surface area (Å²) in [5, 5.41) is 6.93. The number of anilines is 1. The second-order valence-corrected chi connectivity index (χ2v) is 10.0. The lowest BCUT2D eigenvalue weighted by molar-refractivity contribution is 0.0504. The van der Waals surface area contributed by atoms with E-state index in [1.807, 2.05) is 20.0 Å². The summed E-state index contributed by atoms with van der Waals surface area (Å²) in [6, 6.07) is 4.16. The zero-order chi connectivity index (χ0) is 26.0. The van der Waals surface area contributed by atoms with Crippen molar-refractivity contribution in [2.45, 2.75) is 65.2 Å². The second kappa shape index (κ2) is 10.1. The third-order valence-electron chi connectivity index (χ3n) is 5.97. The van der Waals surface area contributed by atoms with Crippen LogP contribution in [0.3, 0.4) is 0 Å². The molecule has 192 valence electrons. The molecule has 1 aliphatic heterocycles. The number of aromatic nitrogens is 3. The molecular weight excluding hydrogens is 465 g/mol. The number of aryl methyl sites for hydroxylation is 1. The van der Waals surface area contributed by atoms with Crippen molar-refractivity contribution in [3.63, 3.8) is 0 Å². The third-order valence-corrected chi connectivity index (χ3v) is 5.97. The Kier molecular flexibility index (Phi) is 7.14. The van der Waals surface area contributed by atoms with Gasteiger partial charge in [0.15, 0.2) is 11.9 Å². The van der Waals surface area contributed by atoms with Crippen LogP contribution in [-0.2, 0) is 11.2 Å². The molecule has 0 saturated heterocycles. The molecule has 0 unspecified atom stereocenters. The van der Waals surface area contributed by atoms with Gasteiger partial charge in [-0.15, -0.1) is 0 Å². The quantitative estimate of drug-likeness (QED) is 0.481. The fraction of sp³-hybridized carbons (Fsp3) is 0.462. The van der Waals surface area contributed by atoms with Gasteiger partial charge in [-0.3, -0.25) is 4.79 Å². The van der Waals surface area contributed by atoms with Gasteiger partial charge >= 0.3 is 6.09 Å². The first-order valence-corrected chi connectivity index (χ1v) is 12.1. The molecule has 10 heteroatoms. The van der Waals surface area contributed by atoms with Crippen molar-refractivity contribution in [3.05, 3.63) is 53.1 Å². The Hall–Kier alpha value is -3.69. The summed E-state index contributed by atoms with van der Waals surface area (Å²) < 4.78 is 27.4. The molecule has 0 aliphatic carbocycles. The smallest absolute Gasteiger partial charge is 0.407 e. The molecule has 1 amide bonds. The number of amides is 1. The molecule has 0 saturated carbocycles. The number of carbonyl (C=O) groups is 2. The van der Waals surface area contributed by atoms with Crippen LogP contribution in [0.1, 0.15) is 68.6 Å². The zero-order valence-electron chi connectivity index (χ0n) is 21.2. The van der Waals surface area contributed by atoms with Gasteiger partial charge in [-0.2, -0.15) is 5.10 Å². The number of fused-ring (bicyclic) bond motifs is 2. The molecule has 3 heterocycles. The van der Waals surface area contributed by atoms with Crippen LogP contribution in [-0.4, -0.2) is 51.8 Å². The number of nitrogens with one attached hydrogen (secondary N) is 1. The molecule has 4 rings (SSSR count). The Labute approximate surface area is 209 Å². The molecule has 3 aromatic rings. The number of nitrogens with zero attached hydrogens (tertiary/aromatic N) is 4. The Morgan fingerprint density at radius 3 is 2.81 bits per heavy atom. The van der Waals surface area contributed by atoms with Crippen molar-refractivity contribution in [2.24, 2.45) is 0 Å². The van der Waals surface area contributed by atoms with E-state index in [2.05, 4.69) is 15.3 Å². The van der Waals surface area contributed by atoms with Gasteiger partial charge in [0.1, 0.15) is 29.1 Å². The monoisotopic (exact) mass is 497 g/mol. The summed E-state index contributed by atoms with van der Waals surface area (Å²) in [7, 11) is 0. The zero-order valence-corrected chi connectivity index (χ0v) is 21.2. The lowest BCUT2D eigenvalue weighted by atomic mass is 10.0. The van der Waals surface area contributed by atoms with Crippen LogP contribution in [0.2, 0.25) is 0 Å². The molecule has 0 fully saturated rings. The normalized spacial score (nSPS) is 15.2. The van der Waals surface area contributed by atoms with E-state index in [-0.39, 0.29) is 24.5 Å². The van der Waals surface area contributed by atoms with E-state index >= 15 is 0 Å². The second-order valence-electron chi connectivity index (χ2n) is 10.0. The lowest BCUT2D eigenvalue weighted by Gasteiger charge is -2.36. The number of alkyl carbamates (subject to hydrolysis) is 1. The SMILES string of the molecule is C[C@H](c1cc(F)ccc1O[C@@H](C)CNC(=O)OC(C)(C)C)N1CCCc2cn3ncc(C=O)c3nc21. The van der Waals surface area contributed by atoms with Gasteiger partial charge in [0.05, 0.1) is 24.3 Å². The van der Waals surface area contributed by atoms with Crippen LogP contribution < -0.4 is 15.0 Å². The van der Waals surface area contributed by atoms with Crippen molar-refractivity contribution in [1.29, 1.82) is 0 Å². The van der Waals surface area contributed by atoms with E-state index in [4.69, 9.17) is 14.5 Å². The number of aldehydes is 1. The number of benzene rings is 1. The Morgan fingerprint density at radius 2 is 2.08 bits per heavy atom. The number of carbonyl (C=O) groups excluding carboxylic acids is 2. The van der Waals surface area contributed by atoms with Gasteiger partial charge in [-0.05, 0) is 65.7 Å². The number of rotatable bonds is 7. The molecular formula is C26H32FN5O4. The molecule has 0 bridgehead atoms. The molecule has 1 N–H and O–H groups in total. The van der Waals surface area contributed by atoms with E-state index in [0.29, 0.717) is 29.1 Å². The number of hydrogen-bond acceptors (Lipinski definition) is 7. The highest BCUT2D eigenvalue weighted by Gasteiger charge is 2.28. The Morgan fingerprint density at radius 1 is 1.31 bits per heavy atom. The summed E-state index contributed by atoms with van der Waals surface area (Å²) in [5.41, 5.74) is 1.98. The molecule has 36 heavy (non-hydrogen) atoms. The van der Waals surface area contributed by atoms with Crippen LogP contribution >= 0.6 is 0 Å². The molecule has 2 aromatic heterocycles. The maximum Gasteiger partial charge on any atom is 0.407 e. The van der Waals surface area contributed by atoms with Gasteiger partial charge in [0.25, 0.3) is 0 Å². The minimum absolute atomic E-state index is 0.224. The van der Waals surface area contributed by atoms with E-state index < -0.39 is 11.7 Å². The van der Waals surface area contributed by atoms with Crippen molar-refractivity contribution in [1.82, 2.24) is 19.9 Å². The molecule has 0 radical (unpaired) electrons. The van der Waals surface area contributed by atoms with E-state index in [1.54, 1.807) is 31.4 Å². The van der Waals surface area contributed by atoms with Crippen LogP contribution in [0.15, 0.2) is 30.6 Å². The topological polar surface area (TPSA) is 98.1 Å². The van der Waals surface area contributed by atoms with Gasteiger partial charge in [-0.1, -0.05) is 0 Å². The van der Waals surface area contributed by atoms with Crippen LogP contribution in [0.25, 0.3) is 5.65 Å². The summed E-state index contributed by atoms with van der Waals surface area (Å²) in [6.07, 6.45) is 4.95. The van der Waals surface area contributed by atoms with E-state index in [9.17, 15) is 14.0 Å². The molecule has 2 atom stereocenters. The van der Waals surface area contributed by atoms with Gasteiger partial charge in [0, 0.05) is 23.9 Å². The first-order valence-electron chi connectivity index (χ1n) is 12.1. The van der Waals surface area contributed by atoms with Crippen molar-refractivity contribution >= 4 is 23.8 Å². The van der Waals surface area contributed by atoms with Crippen molar-refractivity contribution < 1.29 is 23.5 Å². The Bertz CT molecular complexity index is 1270. The molecule has 1 aromatic carbocycles. The predicted octanol–water partition coefficient (Wildman–Crippen LogP) is 4.49. The van der Waals surface area contributed by atoms with Crippen molar-refractivity contribution in [3.8, 4) is 5.75 Å². The fourth-order valence-corrected chi connectivity index (χ4v) is 4.31. The predicted molar refractivity (Wildman–Crippen MR) is 133 cm³/mol. The third kappa shape index (κ3) is 5.58. The standard InChI is InChI=1S/C26H32FN5O4/c1-16(12-28-25(34)36-26(3,4)5)35-22-9-8-20(27)11-21(22)17(2)31-10-6-7-18-14-32-24(30-23(18)31)19(15-33)13-29-32/h8-9,11,13-17H,6-7,10,12H2,1-5H3,(H,28,34)/t16-,17+/m0/s1. The first-order chi connectivity index (χ1) is 17.1. The number of ether oxygens (including phenoxy) is 2. The number of halogens is 1. The minimum Gasteiger partial charge on any atom is -0.489 e. The minimum atomic E-state index is -0.596. The van der Waals surface area contributed by atoms with Crippen LogP contribution in [0.4, 0.5) is 15.0 Å². The molecule has 0 spiro atoms. The highest BCUT2D eigenvalue weighted by atomic mass is 19.1. The van der Waals surface area contributed by atoms with Crippen molar-refractivity contribution in [2.75, 3.05) is 18.0 Å². The van der Waals surface area contributed by atoms with Gasteiger partial charge in [-0.25, -0.2) is 18.7 Å².